The predicted molar refractivity (Wildman–Crippen MR) is 66.4 cm³/mol. The maximum Gasteiger partial charge on any atom is 0.0408 e. The number of rotatable bonds is 4. The molecule has 0 amide bonds. The quantitative estimate of drug-likeness (QED) is 0.727. The Kier molecular flexibility index (Phi) is 5.37. The summed E-state index contributed by atoms with van der Waals surface area (Å²) in [7, 11) is 0. The molecule has 0 nitrogen and oxygen atoms in total. The molecule has 0 saturated carbocycles. The summed E-state index contributed by atoms with van der Waals surface area (Å²) in [5.74, 6) is 0. The Morgan fingerprint density at radius 3 is 2.23 bits per heavy atom. The summed E-state index contributed by atoms with van der Waals surface area (Å²) in [6.45, 7) is 0. The molecule has 0 aliphatic carbocycles. The molecule has 0 heterocycles. The first-order valence-corrected chi connectivity index (χ1v) is 6.79. The van der Waals surface area contributed by atoms with Gasteiger partial charge in [0.2, 0.25) is 0 Å². The average molecular weight is 326 g/mol. The van der Waals surface area contributed by atoms with E-state index in [0.717, 1.165) is 28.5 Å². The van der Waals surface area contributed by atoms with E-state index in [1.54, 1.807) is 0 Å². The standard InChI is InChI=1S/C10H11Br2Cl/c11-5-3-8-1-2-10(13)7-9(8)4-6-12/h1-2,7H,3-6H2. The number of aryl methyl sites for hydroxylation is 2. The third-order valence-electron chi connectivity index (χ3n) is 1.90. The predicted octanol–water partition coefficient (Wildman–Crippen LogP) is 4.21. The normalized spacial score (nSPS) is 10.4. The van der Waals surface area contributed by atoms with Crippen LogP contribution in [0.4, 0.5) is 0 Å². The van der Waals surface area contributed by atoms with Gasteiger partial charge in [-0.2, -0.15) is 0 Å². The third kappa shape index (κ3) is 3.61. The molecule has 0 spiro atoms. The van der Waals surface area contributed by atoms with Crippen LogP contribution in [-0.4, -0.2) is 10.7 Å². The largest absolute Gasteiger partial charge is 0.0924 e. The summed E-state index contributed by atoms with van der Waals surface area (Å²) >= 11 is 12.8. The van der Waals surface area contributed by atoms with Crippen LogP contribution in [0.15, 0.2) is 18.2 Å². The van der Waals surface area contributed by atoms with Crippen molar-refractivity contribution in [1.82, 2.24) is 0 Å². The van der Waals surface area contributed by atoms with Gasteiger partial charge in [0.1, 0.15) is 0 Å². The summed E-state index contributed by atoms with van der Waals surface area (Å²) in [6, 6.07) is 6.12. The molecule has 0 radical (unpaired) electrons. The lowest BCUT2D eigenvalue weighted by Crippen LogP contribution is -1.96. The first kappa shape index (κ1) is 11.5. The van der Waals surface area contributed by atoms with E-state index in [2.05, 4.69) is 44.0 Å². The molecule has 0 bridgehead atoms. The van der Waals surface area contributed by atoms with Crippen LogP contribution < -0.4 is 0 Å². The van der Waals surface area contributed by atoms with Gasteiger partial charge in [-0.1, -0.05) is 49.5 Å². The van der Waals surface area contributed by atoms with Crippen molar-refractivity contribution in [2.24, 2.45) is 0 Å². The van der Waals surface area contributed by atoms with Crippen LogP contribution in [0.1, 0.15) is 11.1 Å². The van der Waals surface area contributed by atoms with Gasteiger partial charge in [0.05, 0.1) is 0 Å². The molecule has 13 heavy (non-hydrogen) atoms. The van der Waals surface area contributed by atoms with Crippen molar-refractivity contribution in [2.75, 3.05) is 10.7 Å². The molecule has 3 heteroatoms. The Morgan fingerprint density at radius 1 is 1.00 bits per heavy atom. The average Bonchev–Trinajstić information content (AvgIpc) is 2.10. The Bertz CT molecular complexity index is 274. The number of halogens is 3. The highest BCUT2D eigenvalue weighted by Gasteiger charge is 2.01. The summed E-state index contributed by atoms with van der Waals surface area (Å²) in [5, 5.41) is 2.82. The molecule has 0 unspecified atom stereocenters. The van der Waals surface area contributed by atoms with Crippen LogP contribution >= 0.6 is 43.5 Å². The van der Waals surface area contributed by atoms with Crippen molar-refractivity contribution in [3.63, 3.8) is 0 Å². The lowest BCUT2D eigenvalue weighted by atomic mass is 10.0. The number of benzene rings is 1. The van der Waals surface area contributed by atoms with E-state index in [1.807, 2.05) is 6.07 Å². The van der Waals surface area contributed by atoms with Crippen molar-refractivity contribution >= 4 is 43.5 Å². The highest BCUT2D eigenvalue weighted by molar-refractivity contribution is 9.09. The lowest BCUT2D eigenvalue weighted by Gasteiger charge is -2.07. The second-order valence-corrected chi connectivity index (χ2v) is 4.81. The molecule has 1 aromatic carbocycles. The van der Waals surface area contributed by atoms with Crippen LogP contribution in [0.3, 0.4) is 0 Å². The molecule has 1 aromatic rings. The van der Waals surface area contributed by atoms with Gasteiger partial charge in [-0.05, 0) is 36.1 Å². The van der Waals surface area contributed by atoms with E-state index in [-0.39, 0.29) is 0 Å². The van der Waals surface area contributed by atoms with Gasteiger partial charge in [-0.25, -0.2) is 0 Å². The van der Waals surface area contributed by atoms with Crippen LogP contribution in [0, 0.1) is 0 Å². The molecular formula is C10H11Br2Cl. The Hall–Kier alpha value is 0.470. The van der Waals surface area contributed by atoms with Gasteiger partial charge >= 0.3 is 0 Å². The number of alkyl halides is 2. The fraction of sp³-hybridized carbons (Fsp3) is 0.400. The van der Waals surface area contributed by atoms with Gasteiger partial charge in [0.15, 0.2) is 0 Å². The molecule has 0 N–H and O–H groups in total. The first-order chi connectivity index (χ1) is 6.27. The summed E-state index contributed by atoms with van der Waals surface area (Å²) < 4.78 is 0. The van der Waals surface area contributed by atoms with Gasteiger partial charge in [0, 0.05) is 15.7 Å². The van der Waals surface area contributed by atoms with Crippen molar-refractivity contribution in [1.29, 1.82) is 0 Å². The highest BCUT2D eigenvalue weighted by atomic mass is 79.9. The van der Waals surface area contributed by atoms with Crippen molar-refractivity contribution in [3.05, 3.63) is 34.3 Å². The second-order valence-electron chi connectivity index (χ2n) is 2.79. The molecule has 0 aromatic heterocycles. The zero-order chi connectivity index (χ0) is 9.68. The molecule has 0 atom stereocenters. The maximum atomic E-state index is 5.93. The molecule has 0 fully saturated rings. The smallest absolute Gasteiger partial charge is 0.0408 e. The van der Waals surface area contributed by atoms with Crippen molar-refractivity contribution in [2.45, 2.75) is 12.8 Å². The van der Waals surface area contributed by atoms with Crippen molar-refractivity contribution in [3.8, 4) is 0 Å². The topological polar surface area (TPSA) is 0 Å². The van der Waals surface area contributed by atoms with Crippen LogP contribution in [0.25, 0.3) is 0 Å². The van der Waals surface area contributed by atoms with E-state index in [1.165, 1.54) is 11.1 Å². The first-order valence-electron chi connectivity index (χ1n) is 4.17. The third-order valence-corrected chi connectivity index (χ3v) is 2.92. The number of hydrogen-bond donors (Lipinski definition) is 0. The van der Waals surface area contributed by atoms with E-state index in [0.29, 0.717) is 0 Å². The summed E-state index contributed by atoms with van der Waals surface area (Å²) in [6.07, 6.45) is 2.11. The van der Waals surface area contributed by atoms with E-state index >= 15 is 0 Å². The molecule has 0 aliphatic rings. The lowest BCUT2D eigenvalue weighted by molar-refractivity contribution is 1.06. The zero-order valence-corrected chi connectivity index (χ0v) is 11.1. The van der Waals surface area contributed by atoms with E-state index < -0.39 is 0 Å². The molecule has 1 rings (SSSR count). The van der Waals surface area contributed by atoms with Crippen LogP contribution in [0.2, 0.25) is 5.02 Å². The zero-order valence-electron chi connectivity index (χ0n) is 7.19. The maximum absolute atomic E-state index is 5.93. The monoisotopic (exact) mass is 324 g/mol. The Morgan fingerprint density at radius 2 is 1.62 bits per heavy atom. The van der Waals surface area contributed by atoms with Gasteiger partial charge in [0.25, 0.3) is 0 Å². The highest BCUT2D eigenvalue weighted by Crippen LogP contribution is 2.18. The minimum Gasteiger partial charge on any atom is -0.0924 e. The second kappa shape index (κ2) is 6.05. The molecule has 0 aliphatic heterocycles. The Labute approximate surface area is 101 Å². The fourth-order valence-electron chi connectivity index (χ4n) is 1.27. The molecular weight excluding hydrogens is 315 g/mol. The minimum atomic E-state index is 0.828. The molecule has 0 saturated heterocycles. The van der Waals surface area contributed by atoms with Gasteiger partial charge in [-0.3, -0.25) is 0 Å². The van der Waals surface area contributed by atoms with Crippen LogP contribution in [-0.2, 0) is 12.8 Å². The van der Waals surface area contributed by atoms with Crippen LogP contribution in [0.5, 0.6) is 0 Å². The molecule has 72 valence electrons. The van der Waals surface area contributed by atoms with E-state index in [4.69, 9.17) is 11.6 Å². The van der Waals surface area contributed by atoms with Crippen molar-refractivity contribution < 1.29 is 0 Å². The summed E-state index contributed by atoms with van der Waals surface area (Å²) in [4.78, 5) is 0. The van der Waals surface area contributed by atoms with E-state index in [9.17, 15) is 0 Å². The minimum absolute atomic E-state index is 0.828. The Balaban J connectivity index is 2.89. The number of hydrogen-bond acceptors (Lipinski definition) is 0. The SMILES string of the molecule is Clc1ccc(CCBr)c(CCBr)c1. The fourth-order valence-corrected chi connectivity index (χ4v) is 2.32. The van der Waals surface area contributed by atoms with Gasteiger partial charge < -0.3 is 0 Å². The van der Waals surface area contributed by atoms with Gasteiger partial charge in [-0.15, -0.1) is 0 Å². The summed E-state index contributed by atoms with van der Waals surface area (Å²) in [5.41, 5.74) is 2.74.